The molecule has 0 aliphatic carbocycles. The maximum absolute atomic E-state index is 12.8. The number of anilines is 1. The molecule has 1 aliphatic heterocycles. The molecule has 0 spiro atoms. The standard InChI is InChI=1S/C27H26ClNO4/c1-27(2,19-7-5-4-6-8-19)20-9-12-22(13-10-20)33-26(31)18-15-25(30)29(17-18)23-16-21(28)11-14-24(23)32-3/h4-14,16,18H,15,17H2,1-3H3/t18-/m0/s1. The Hall–Kier alpha value is -3.31. The molecule has 4 rings (SSSR count). The molecule has 5 nitrogen and oxygen atoms in total. The van der Waals surface area contributed by atoms with Crippen LogP contribution in [0.4, 0.5) is 5.69 Å². The molecule has 0 N–H and O–H groups in total. The van der Waals surface area contributed by atoms with Gasteiger partial charge < -0.3 is 14.4 Å². The van der Waals surface area contributed by atoms with Crippen molar-refractivity contribution < 1.29 is 19.1 Å². The summed E-state index contributed by atoms with van der Waals surface area (Å²) < 4.78 is 11.0. The second-order valence-corrected chi connectivity index (χ2v) is 9.09. The van der Waals surface area contributed by atoms with Crippen molar-refractivity contribution in [1.82, 2.24) is 0 Å². The zero-order valence-corrected chi connectivity index (χ0v) is 19.6. The minimum absolute atomic E-state index is 0.0770. The quantitative estimate of drug-likeness (QED) is 0.351. The Morgan fingerprint density at radius 1 is 1.00 bits per heavy atom. The molecule has 1 saturated heterocycles. The second kappa shape index (κ2) is 9.28. The number of benzene rings is 3. The van der Waals surface area contributed by atoms with E-state index in [0.717, 1.165) is 5.56 Å². The number of nitrogens with zero attached hydrogens (tertiary/aromatic N) is 1. The van der Waals surface area contributed by atoms with Crippen LogP contribution in [0.2, 0.25) is 5.02 Å². The van der Waals surface area contributed by atoms with E-state index in [1.165, 1.54) is 17.6 Å². The first-order chi connectivity index (χ1) is 15.8. The van der Waals surface area contributed by atoms with E-state index in [0.29, 0.717) is 22.2 Å². The molecule has 1 amide bonds. The van der Waals surface area contributed by atoms with Gasteiger partial charge in [0.25, 0.3) is 0 Å². The van der Waals surface area contributed by atoms with Crippen LogP contribution in [0.3, 0.4) is 0 Å². The normalized spacial score (nSPS) is 16.1. The van der Waals surface area contributed by atoms with E-state index < -0.39 is 11.9 Å². The third kappa shape index (κ3) is 4.74. The van der Waals surface area contributed by atoms with E-state index in [1.54, 1.807) is 30.3 Å². The van der Waals surface area contributed by atoms with Crippen molar-refractivity contribution in [2.75, 3.05) is 18.6 Å². The Labute approximate surface area is 198 Å². The first kappa shape index (κ1) is 22.9. The van der Waals surface area contributed by atoms with Gasteiger partial charge in [0, 0.05) is 23.4 Å². The molecule has 1 heterocycles. The van der Waals surface area contributed by atoms with Crippen LogP contribution in [-0.2, 0) is 15.0 Å². The van der Waals surface area contributed by atoms with Crippen LogP contribution in [0, 0.1) is 5.92 Å². The van der Waals surface area contributed by atoms with Crippen LogP contribution in [-0.4, -0.2) is 25.5 Å². The first-order valence-corrected chi connectivity index (χ1v) is 11.2. The van der Waals surface area contributed by atoms with Gasteiger partial charge in [-0.05, 0) is 41.5 Å². The molecule has 3 aromatic rings. The number of rotatable bonds is 6. The summed E-state index contributed by atoms with van der Waals surface area (Å²) in [7, 11) is 1.53. The highest BCUT2D eigenvalue weighted by atomic mass is 35.5. The predicted molar refractivity (Wildman–Crippen MR) is 129 cm³/mol. The minimum Gasteiger partial charge on any atom is -0.495 e. The molecular formula is C27H26ClNO4. The van der Waals surface area contributed by atoms with Gasteiger partial charge in [-0.15, -0.1) is 0 Å². The van der Waals surface area contributed by atoms with Crippen LogP contribution in [0.25, 0.3) is 0 Å². The van der Waals surface area contributed by atoms with Crippen molar-refractivity contribution >= 4 is 29.2 Å². The third-order valence-electron chi connectivity index (χ3n) is 6.18. The second-order valence-electron chi connectivity index (χ2n) is 8.66. The average Bonchev–Trinajstić information content (AvgIpc) is 3.21. The smallest absolute Gasteiger partial charge is 0.316 e. The van der Waals surface area contributed by atoms with Crippen molar-refractivity contribution in [3.8, 4) is 11.5 Å². The van der Waals surface area contributed by atoms with Crippen molar-refractivity contribution in [1.29, 1.82) is 0 Å². The lowest BCUT2D eigenvalue weighted by atomic mass is 9.78. The fourth-order valence-corrected chi connectivity index (χ4v) is 4.30. The van der Waals surface area contributed by atoms with Gasteiger partial charge in [0.1, 0.15) is 11.5 Å². The molecule has 0 bridgehead atoms. The maximum Gasteiger partial charge on any atom is 0.316 e. The van der Waals surface area contributed by atoms with E-state index in [9.17, 15) is 9.59 Å². The van der Waals surface area contributed by atoms with Gasteiger partial charge in [0.15, 0.2) is 0 Å². The van der Waals surface area contributed by atoms with Crippen LogP contribution in [0.1, 0.15) is 31.4 Å². The molecule has 33 heavy (non-hydrogen) atoms. The van der Waals surface area contributed by atoms with Crippen molar-refractivity contribution in [3.63, 3.8) is 0 Å². The molecular weight excluding hydrogens is 438 g/mol. The topological polar surface area (TPSA) is 55.8 Å². The van der Waals surface area contributed by atoms with Crippen molar-refractivity contribution in [2.24, 2.45) is 5.92 Å². The number of carbonyl (C=O) groups is 2. The van der Waals surface area contributed by atoms with Gasteiger partial charge in [-0.3, -0.25) is 9.59 Å². The number of amides is 1. The number of hydrogen-bond donors (Lipinski definition) is 0. The number of methoxy groups -OCH3 is 1. The average molecular weight is 464 g/mol. The predicted octanol–water partition coefficient (Wildman–Crippen LogP) is 5.63. The Morgan fingerprint density at radius 2 is 1.67 bits per heavy atom. The molecule has 0 aromatic heterocycles. The van der Waals surface area contributed by atoms with Gasteiger partial charge in [-0.1, -0.05) is 67.9 Å². The SMILES string of the molecule is COc1ccc(Cl)cc1N1C[C@@H](C(=O)Oc2ccc(C(C)(C)c3ccccc3)cc2)CC1=O. The van der Waals surface area contributed by atoms with E-state index in [1.807, 2.05) is 30.3 Å². The molecule has 1 fully saturated rings. The summed E-state index contributed by atoms with van der Waals surface area (Å²) in [6.07, 6.45) is 0.0770. The molecule has 6 heteroatoms. The number of ether oxygens (including phenoxy) is 2. The van der Waals surface area contributed by atoms with Crippen LogP contribution in [0.5, 0.6) is 11.5 Å². The Bertz CT molecular complexity index is 1160. The molecule has 0 saturated carbocycles. The zero-order valence-electron chi connectivity index (χ0n) is 18.9. The summed E-state index contributed by atoms with van der Waals surface area (Å²) in [5.41, 5.74) is 2.69. The number of halogens is 1. The van der Waals surface area contributed by atoms with E-state index in [4.69, 9.17) is 21.1 Å². The fraction of sp³-hybridized carbons (Fsp3) is 0.259. The van der Waals surface area contributed by atoms with Gasteiger partial charge >= 0.3 is 5.97 Å². The van der Waals surface area contributed by atoms with Gasteiger partial charge in [-0.2, -0.15) is 0 Å². The Morgan fingerprint density at radius 3 is 2.33 bits per heavy atom. The Balaban J connectivity index is 1.45. The summed E-state index contributed by atoms with van der Waals surface area (Å²) in [4.78, 5) is 27.0. The van der Waals surface area contributed by atoms with Crippen LogP contribution < -0.4 is 14.4 Å². The summed E-state index contributed by atoms with van der Waals surface area (Å²) in [6, 6.07) is 22.9. The number of carbonyl (C=O) groups excluding carboxylic acids is 2. The largest absolute Gasteiger partial charge is 0.495 e. The number of esters is 1. The van der Waals surface area contributed by atoms with Crippen molar-refractivity contribution in [2.45, 2.75) is 25.7 Å². The van der Waals surface area contributed by atoms with E-state index in [2.05, 4.69) is 26.0 Å². The molecule has 3 aromatic carbocycles. The van der Waals surface area contributed by atoms with E-state index >= 15 is 0 Å². The lowest BCUT2D eigenvalue weighted by Gasteiger charge is -2.26. The highest BCUT2D eigenvalue weighted by molar-refractivity contribution is 6.31. The molecule has 0 unspecified atom stereocenters. The lowest BCUT2D eigenvalue weighted by Crippen LogP contribution is -2.27. The summed E-state index contributed by atoms with van der Waals surface area (Å²) in [6.45, 7) is 4.53. The van der Waals surface area contributed by atoms with Crippen LogP contribution >= 0.6 is 11.6 Å². The fourth-order valence-electron chi connectivity index (χ4n) is 4.13. The van der Waals surface area contributed by atoms with Gasteiger partial charge in [-0.25, -0.2) is 0 Å². The Kier molecular flexibility index (Phi) is 6.43. The highest BCUT2D eigenvalue weighted by Crippen LogP contribution is 2.36. The summed E-state index contributed by atoms with van der Waals surface area (Å²) in [5.74, 6) is -0.182. The van der Waals surface area contributed by atoms with Gasteiger partial charge in [0.2, 0.25) is 5.91 Å². The maximum atomic E-state index is 12.8. The van der Waals surface area contributed by atoms with Crippen LogP contribution in [0.15, 0.2) is 72.8 Å². The molecule has 1 atom stereocenters. The monoisotopic (exact) mass is 463 g/mol. The third-order valence-corrected chi connectivity index (χ3v) is 6.42. The lowest BCUT2D eigenvalue weighted by molar-refractivity contribution is -0.139. The van der Waals surface area contributed by atoms with Gasteiger partial charge in [0.05, 0.1) is 18.7 Å². The molecule has 1 aliphatic rings. The first-order valence-electron chi connectivity index (χ1n) is 10.8. The number of hydrogen-bond acceptors (Lipinski definition) is 4. The molecule has 0 radical (unpaired) electrons. The highest BCUT2D eigenvalue weighted by Gasteiger charge is 2.37. The van der Waals surface area contributed by atoms with E-state index in [-0.39, 0.29) is 24.3 Å². The summed E-state index contributed by atoms with van der Waals surface area (Å²) in [5, 5.41) is 0.489. The zero-order chi connectivity index (χ0) is 23.6. The minimum atomic E-state index is -0.568. The van der Waals surface area contributed by atoms with Crippen molar-refractivity contribution in [3.05, 3.63) is 88.9 Å². The molecule has 170 valence electrons. The summed E-state index contributed by atoms with van der Waals surface area (Å²) >= 11 is 6.10.